The number of methoxy groups -OCH3 is 1. The smallest absolute Gasteiger partial charge is 0.274 e. The van der Waals surface area contributed by atoms with Crippen LogP contribution >= 0.6 is 23.2 Å². The molecule has 0 unspecified atom stereocenters. The monoisotopic (exact) mass is 368 g/mol. The van der Waals surface area contributed by atoms with Crippen molar-refractivity contribution in [1.29, 1.82) is 0 Å². The summed E-state index contributed by atoms with van der Waals surface area (Å²) < 4.78 is 4.98. The first-order chi connectivity index (χ1) is 11.5. The second-order valence-corrected chi connectivity index (χ2v) is 5.91. The molecule has 0 radical (unpaired) electrons. The summed E-state index contributed by atoms with van der Waals surface area (Å²) in [7, 11) is 1.65. The summed E-state index contributed by atoms with van der Waals surface area (Å²) in [4.78, 5) is 20.9. The fourth-order valence-electron chi connectivity index (χ4n) is 1.96. The Kier molecular flexibility index (Phi) is 6.78. The molecule has 1 amide bonds. The number of benzene rings is 1. The minimum atomic E-state index is -0.385. The molecule has 0 fully saturated rings. The van der Waals surface area contributed by atoms with Crippen molar-refractivity contribution in [3.63, 3.8) is 0 Å². The van der Waals surface area contributed by atoms with E-state index in [0.717, 1.165) is 6.42 Å². The number of nitrogens with one attached hydrogen (secondary N) is 2. The Morgan fingerprint density at radius 3 is 2.79 bits per heavy atom. The van der Waals surface area contributed by atoms with Gasteiger partial charge in [0.05, 0.1) is 10.7 Å². The van der Waals surface area contributed by atoms with E-state index in [1.165, 1.54) is 0 Å². The first-order valence-corrected chi connectivity index (χ1v) is 8.10. The van der Waals surface area contributed by atoms with Crippen molar-refractivity contribution >= 4 is 40.7 Å². The Morgan fingerprint density at radius 1 is 1.25 bits per heavy atom. The van der Waals surface area contributed by atoms with Crippen molar-refractivity contribution < 1.29 is 9.53 Å². The Bertz CT molecular complexity index is 725. The molecule has 0 aliphatic heterocycles. The van der Waals surface area contributed by atoms with Gasteiger partial charge in [-0.2, -0.15) is 0 Å². The fraction of sp³-hybridized carbons (Fsp3) is 0.312. The minimum Gasteiger partial charge on any atom is -0.385 e. The summed E-state index contributed by atoms with van der Waals surface area (Å²) in [5.41, 5.74) is 1.36. The SMILES string of the molecule is COCCCNc1nc(C)cc(C(=O)Nc2cc(Cl)ccc2Cl)n1. The molecule has 0 atom stereocenters. The van der Waals surface area contributed by atoms with E-state index in [2.05, 4.69) is 20.6 Å². The zero-order valence-corrected chi connectivity index (χ0v) is 14.9. The lowest BCUT2D eigenvalue weighted by Gasteiger charge is -2.10. The van der Waals surface area contributed by atoms with E-state index in [4.69, 9.17) is 27.9 Å². The van der Waals surface area contributed by atoms with Crippen LogP contribution in [0, 0.1) is 6.92 Å². The molecule has 2 N–H and O–H groups in total. The number of amides is 1. The Labute approximate surface area is 150 Å². The van der Waals surface area contributed by atoms with Gasteiger partial charge in [-0.25, -0.2) is 9.97 Å². The van der Waals surface area contributed by atoms with Gasteiger partial charge >= 0.3 is 0 Å². The summed E-state index contributed by atoms with van der Waals surface area (Å²) in [5, 5.41) is 6.66. The molecule has 0 bridgehead atoms. The molecule has 128 valence electrons. The Morgan fingerprint density at radius 2 is 2.04 bits per heavy atom. The predicted molar refractivity (Wildman–Crippen MR) is 96.2 cm³/mol. The van der Waals surface area contributed by atoms with Gasteiger partial charge in [-0.15, -0.1) is 0 Å². The van der Waals surface area contributed by atoms with Gasteiger partial charge in [-0.1, -0.05) is 23.2 Å². The minimum absolute atomic E-state index is 0.243. The number of carbonyl (C=O) groups excluding carboxylic acids is 1. The molecule has 1 aromatic carbocycles. The molecule has 24 heavy (non-hydrogen) atoms. The summed E-state index contributed by atoms with van der Waals surface area (Å²) in [6, 6.07) is 6.46. The number of anilines is 2. The normalized spacial score (nSPS) is 10.5. The van der Waals surface area contributed by atoms with Gasteiger partial charge in [0.25, 0.3) is 5.91 Å². The van der Waals surface area contributed by atoms with E-state index in [1.807, 2.05) is 0 Å². The highest BCUT2D eigenvalue weighted by Gasteiger charge is 2.13. The number of rotatable bonds is 7. The summed E-state index contributed by atoms with van der Waals surface area (Å²) in [5.74, 6) is 0.0121. The zero-order chi connectivity index (χ0) is 17.5. The van der Waals surface area contributed by atoms with Gasteiger partial charge in [0, 0.05) is 31.0 Å². The van der Waals surface area contributed by atoms with Gasteiger partial charge in [-0.05, 0) is 37.6 Å². The lowest BCUT2D eigenvalue weighted by molar-refractivity contribution is 0.102. The Balaban J connectivity index is 2.11. The molecule has 0 spiro atoms. The Hall–Kier alpha value is -1.89. The van der Waals surface area contributed by atoms with Crippen LogP contribution in [-0.4, -0.2) is 36.1 Å². The van der Waals surface area contributed by atoms with Crippen LogP contribution in [0.5, 0.6) is 0 Å². The van der Waals surface area contributed by atoms with Crippen LogP contribution < -0.4 is 10.6 Å². The van der Waals surface area contributed by atoms with Crippen molar-refractivity contribution in [2.75, 3.05) is 30.9 Å². The third kappa shape index (κ3) is 5.33. The fourth-order valence-corrected chi connectivity index (χ4v) is 2.30. The summed E-state index contributed by atoms with van der Waals surface area (Å²) in [6.07, 6.45) is 0.813. The molecule has 1 heterocycles. The molecule has 0 saturated heterocycles. The van der Waals surface area contributed by atoms with Crippen LogP contribution in [0.2, 0.25) is 10.0 Å². The molecular weight excluding hydrogens is 351 g/mol. The molecule has 0 aliphatic rings. The number of hydrogen-bond donors (Lipinski definition) is 2. The molecule has 1 aromatic heterocycles. The average Bonchev–Trinajstić information content (AvgIpc) is 2.54. The third-order valence-corrected chi connectivity index (χ3v) is 3.64. The second kappa shape index (κ2) is 8.82. The molecule has 8 heteroatoms. The highest BCUT2D eigenvalue weighted by Crippen LogP contribution is 2.25. The number of hydrogen-bond acceptors (Lipinski definition) is 5. The van der Waals surface area contributed by atoms with Crippen LogP contribution in [0.1, 0.15) is 22.6 Å². The average molecular weight is 369 g/mol. The lowest BCUT2D eigenvalue weighted by Crippen LogP contribution is -2.17. The maximum atomic E-state index is 12.4. The van der Waals surface area contributed by atoms with Crippen molar-refractivity contribution in [3.05, 3.63) is 45.7 Å². The van der Waals surface area contributed by atoms with Crippen molar-refractivity contribution in [2.24, 2.45) is 0 Å². The number of nitrogens with zero attached hydrogens (tertiary/aromatic N) is 2. The molecular formula is C16H18Cl2N4O2. The molecule has 2 aromatic rings. The van der Waals surface area contributed by atoms with E-state index in [1.54, 1.807) is 38.3 Å². The van der Waals surface area contributed by atoms with Gasteiger partial charge in [0.1, 0.15) is 5.69 Å². The first kappa shape index (κ1) is 18.4. The highest BCUT2D eigenvalue weighted by molar-refractivity contribution is 6.35. The van der Waals surface area contributed by atoms with E-state index in [-0.39, 0.29) is 11.6 Å². The van der Waals surface area contributed by atoms with Crippen LogP contribution in [0.15, 0.2) is 24.3 Å². The van der Waals surface area contributed by atoms with Crippen molar-refractivity contribution in [3.8, 4) is 0 Å². The standard InChI is InChI=1S/C16H18Cl2N4O2/c1-10-8-14(22-16(20-10)19-6-3-7-24-2)15(23)21-13-9-11(17)4-5-12(13)18/h4-5,8-9H,3,6-7H2,1-2H3,(H,21,23)(H,19,20,22). The third-order valence-electron chi connectivity index (χ3n) is 3.07. The number of ether oxygens (including phenoxy) is 1. The van der Waals surface area contributed by atoms with Crippen LogP contribution in [0.25, 0.3) is 0 Å². The summed E-state index contributed by atoms with van der Waals surface area (Å²) in [6.45, 7) is 3.09. The second-order valence-electron chi connectivity index (χ2n) is 5.07. The number of aryl methyl sites for hydroxylation is 1. The summed E-state index contributed by atoms with van der Waals surface area (Å²) >= 11 is 12.0. The van der Waals surface area contributed by atoms with Crippen molar-refractivity contribution in [1.82, 2.24) is 9.97 Å². The molecule has 0 saturated carbocycles. The quantitative estimate of drug-likeness (QED) is 0.727. The van der Waals surface area contributed by atoms with Gasteiger partial charge in [0.15, 0.2) is 0 Å². The topological polar surface area (TPSA) is 76.1 Å². The highest BCUT2D eigenvalue weighted by atomic mass is 35.5. The predicted octanol–water partition coefficient (Wildman–Crippen LogP) is 3.79. The van der Waals surface area contributed by atoms with Crippen molar-refractivity contribution in [2.45, 2.75) is 13.3 Å². The zero-order valence-electron chi connectivity index (χ0n) is 13.4. The van der Waals surface area contributed by atoms with Gasteiger partial charge in [-0.3, -0.25) is 4.79 Å². The van der Waals surface area contributed by atoms with Gasteiger partial charge < -0.3 is 15.4 Å². The van der Waals surface area contributed by atoms with E-state index in [9.17, 15) is 4.79 Å². The lowest BCUT2D eigenvalue weighted by atomic mass is 10.3. The number of carbonyl (C=O) groups is 1. The molecule has 0 aliphatic carbocycles. The van der Waals surface area contributed by atoms with Crippen LogP contribution in [0.3, 0.4) is 0 Å². The van der Waals surface area contributed by atoms with E-state index in [0.29, 0.717) is 40.5 Å². The van der Waals surface area contributed by atoms with E-state index >= 15 is 0 Å². The first-order valence-electron chi connectivity index (χ1n) is 7.34. The molecule has 6 nitrogen and oxygen atoms in total. The van der Waals surface area contributed by atoms with E-state index < -0.39 is 0 Å². The molecule has 2 rings (SSSR count). The van der Waals surface area contributed by atoms with Gasteiger partial charge in [0.2, 0.25) is 5.95 Å². The van der Waals surface area contributed by atoms with Crippen LogP contribution in [0.4, 0.5) is 11.6 Å². The van der Waals surface area contributed by atoms with Crippen LogP contribution in [-0.2, 0) is 4.74 Å². The number of halogens is 2. The number of aromatic nitrogens is 2. The maximum absolute atomic E-state index is 12.4. The largest absolute Gasteiger partial charge is 0.385 e. The maximum Gasteiger partial charge on any atom is 0.274 e.